The minimum atomic E-state index is -0.380. The molecule has 0 unspecified atom stereocenters. The van der Waals surface area contributed by atoms with Crippen LogP contribution in [-0.4, -0.2) is 45.9 Å². The number of nitrogens with zero attached hydrogens (tertiary/aromatic N) is 1. The van der Waals surface area contributed by atoms with E-state index in [0.29, 0.717) is 11.4 Å². The summed E-state index contributed by atoms with van der Waals surface area (Å²) in [6.07, 6.45) is 0.879. The molecule has 6 atom stereocenters. The van der Waals surface area contributed by atoms with E-state index >= 15 is 0 Å². The summed E-state index contributed by atoms with van der Waals surface area (Å²) in [5.74, 6) is -0.387. The van der Waals surface area contributed by atoms with Gasteiger partial charge in [0.2, 0.25) is 17.7 Å². The third-order valence-corrected chi connectivity index (χ3v) is 8.96. The fourth-order valence-electron chi connectivity index (χ4n) is 4.58. The van der Waals surface area contributed by atoms with Crippen LogP contribution in [0.1, 0.15) is 6.42 Å². The SMILES string of the molecule is COc1ccc(NC(=O)CN2C(=O)[C@@H]3[C@H]4C[C@@H]([C@@H](Br)[C@H]4Br)[C@H]3C2=O)cc1. The zero-order valence-corrected chi connectivity index (χ0v) is 17.2. The van der Waals surface area contributed by atoms with Gasteiger partial charge in [0, 0.05) is 15.3 Å². The molecule has 8 heteroatoms. The number of fused-ring (bicyclic) bond motifs is 5. The molecule has 3 amide bonds. The first-order valence-corrected chi connectivity index (χ1v) is 10.3. The molecule has 2 saturated carbocycles. The number of likely N-dealkylation sites (tertiary alicyclic amines) is 1. The Kier molecular flexibility index (Phi) is 4.59. The van der Waals surface area contributed by atoms with E-state index in [9.17, 15) is 14.4 Å². The molecular weight excluding hydrogens is 468 g/mol. The number of hydrogen-bond acceptors (Lipinski definition) is 4. The van der Waals surface area contributed by atoms with Crippen LogP contribution >= 0.6 is 31.9 Å². The predicted octanol–water partition coefficient (Wildman–Crippen LogP) is 2.41. The van der Waals surface area contributed by atoms with Gasteiger partial charge in [-0.2, -0.15) is 0 Å². The van der Waals surface area contributed by atoms with Crippen molar-refractivity contribution < 1.29 is 19.1 Å². The molecule has 2 aliphatic carbocycles. The van der Waals surface area contributed by atoms with Crippen molar-refractivity contribution in [2.45, 2.75) is 16.1 Å². The number of alkyl halides is 2. The van der Waals surface area contributed by atoms with Crippen molar-refractivity contribution in [3.8, 4) is 5.75 Å². The summed E-state index contributed by atoms with van der Waals surface area (Å²) in [5.41, 5.74) is 0.594. The van der Waals surface area contributed by atoms with Crippen LogP contribution in [0.5, 0.6) is 5.75 Å². The molecular formula is C18H18Br2N2O4. The van der Waals surface area contributed by atoms with Gasteiger partial charge in [0.25, 0.3) is 0 Å². The van der Waals surface area contributed by atoms with Gasteiger partial charge in [-0.05, 0) is 42.5 Å². The molecule has 1 heterocycles. The van der Waals surface area contributed by atoms with E-state index < -0.39 is 0 Å². The quantitative estimate of drug-likeness (QED) is 0.525. The Bertz CT molecular complexity index is 737. The molecule has 1 N–H and O–H groups in total. The van der Waals surface area contributed by atoms with Crippen molar-refractivity contribution in [2.75, 3.05) is 19.0 Å². The number of hydrogen-bond donors (Lipinski definition) is 1. The Morgan fingerprint density at radius 3 is 2.15 bits per heavy atom. The van der Waals surface area contributed by atoms with E-state index in [-0.39, 0.29) is 57.6 Å². The molecule has 3 aliphatic rings. The molecule has 26 heavy (non-hydrogen) atoms. The van der Waals surface area contributed by atoms with Gasteiger partial charge in [-0.3, -0.25) is 19.3 Å². The van der Waals surface area contributed by atoms with E-state index in [2.05, 4.69) is 37.2 Å². The molecule has 2 bridgehead atoms. The van der Waals surface area contributed by atoms with Crippen molar-refractivity contribution in [3.63, 3.8) is 0 Å². The summed E-state index contributed by atoms with van der Waals surface area (Å²) < 4.78 is 5.08. The van der Waals surface area contributed by atoms with E-state index in [1.165, 1.54) is 0 Å². The second kappa shape index (κ2) is 6.64. The van der Waals surface area contributed by atoms with Gasteiger partial charge in [0.15, 0.2) is 0 Å². The number of anilines is 1. The number of carbonyl (C=O) groups is 3. The second-order valence-electron chi connectivity index (χ2n) is 7.04. The molecule has 4 rings (SSSR count). The second-order valence-corrected chi connectivity index (χ2v) is 9.16. The first kappa shape index (κ1) is 18.0. The lowest BCUT2D eigenvalue weighted by molar-refractivity contribution is -0.143. The maximum atomic E-state index is 12.8. The van der Waals surface area contributed by atoms with E-state index in [1.54, 1.807) is 31.4 Å². The Balaban J connectivity index is 1.45. The minimum Gasteiger partial charge on any atom is -0.497 e. The molecule has 0 spiro atoms. The van der Waals surface area contributed by atoms with Gasteiger partial charge in [-0.1, -0.05) is 31.9 Å². The van der Waals surface area contributed by atoms with Crippen LogP contribution in [0.3, 0.4) is 0 Å². The topological polar surface area (TPSA) is 75.7 Å². The Labute approximate surface area is 167 Å². The van der Waals surface area contributed by atoms with Gasteiger partial charge >= 0.3 is 0 Å². The predicted molar refractivity (Wildman–Crippen MR) is 102 cm³/mol. The Morgan fingerprint density at radius 2 is 1.65 bits per heavy atom. The summed E-state index contributed by atoms with van der Waals surface area (Å²) in [4.78, 5) is 39.4. The molecule has 0 aromatic heterocycles. The summed E-state index contributed by atoms with van der Waals surface area (Å²) >= 11 is 7.31. The minimum absolute atomic E-state index is 0.153. The highest BCUT2D eigenvalue weighted by Crippen LogP contribution is 2.60. The zero-order valence-electron chi connectivity index (χ0n) is 14.0. The summed E-state index contributed by atoms with van der Waals surface area (Å²) in [6, 6.07) is 6.89. The van der Waals surface area contributed by atoms with Crippen LogP contribution < -0.4 is 10.1 Å². The first-order valence-electron chi connectivity index (χ1n) is 8.49. The molecule has 0 radical (unpaired) electrons. The number of halogens is 2. The highest BCUT2D eigenvalue weighted by Gasteiger charge is 2.66. The van der Waals surface area contributed by atoms with Gasteiger partial charge in [-0.25, -0.2) is 0 Å². The number of methoxy groups -OCH3 is 1. The molecule has 6 nitrogen and oxygen atoms in total. The molecule has 138 valence electrons. The molecule has 3 fully saturated rings. The highest BCUT2D eigenvalue weighted by molar-refractivity contribution is 9.12. The standard InChI is InChI=1S/C18H18Br2N2O4/c1-26-9-4-2-8(3-5-9)21-12(23)7-22-17(24)13-10-6-11(14(13)18(22)25)16(20)15(10)19/h2-5,10-11,13-16H,6-7H2,1H3,(H,21,23)/t10-,11-,13-,14-,15-,16+/m1/s1. The first-order chi connectivity index (χ1) is 12.4. The van der Waals surface area contributed by atoms with E-state index in [1.807, 2.05) is 0 Å². The van der Waals surface area contributed by atoms with Gasteiger partial charge in [0.05, 0.1) is 18.9 Å². The van der Waals surface area contributed by atoms with Gasteiger partial charge in [0.1, 0.15) is 12.3 Å². The largest absolute Gasteiger partial charge is 0.497 e. The lowest BCUT2D eigenvalue weighted by atomic mass is 9.81. The highest BCUT2D eigenvalue weighted by atomic mass is 79.9. The molecule has 1 aromatic rings. The third kappa shape index (κ3) is 2.69. The van der Waals surface area contributed by atoms with Crippen molar-refractivity contribution >= 4 is 55.3 Å². The molecule has 1 saturated heterocycles. The maximum absolute atomic E-state index is 12.8. The number of imide groups is 1. The average molecular weight is 486 g/mol. The van der Waals surface area contributed by atoms with Crippen molar-refractivity contribution in [3.05, 3.63) is 24.3 Å². The maximum Gasteiger partial charge on any atom is 0.244 e. The number of carbonyl (C=O) groups excluding carboxylic acids is 3. The number of benzene rings is 1. The average Bonchev–Trinajstić information content (AvgIpc) is 3.23. The smallest absolute Gasteiger partial charge is 0.244 e. The Hall–Kier alpha value is -1.41. The molecule has 1 aliphatic heterocycles. The van der Waals surface area contributed by atoms with Crippen LogP contribution in [-0.2, 0) is 14.4 Å². The summed E-state index contributed by atoms with van der Waals surface area (Å²) in [7, 11) is 1.57. The fourth-order valence-corrected chi connectivity index (χ4v) is 6.46. The van der Waals surface area contributed by atoms with Crippen LogP contribution in [0.25, 0.3) is 0 Å². The Morgan fingerprint density at radius 1 is 1.12 bits per heavy atom. The van der Waals surface area contributed by atoms with Crippen LogP contribution in [0, 0.1) is 23.7 Å². The van der Waals surface area contributed by atoms with Crippen molar-refractivity contribution in [1.29, 1.82) is 0 Å². The number of rotatable bonds is 4. The van der Waals surface area contributed by atoms with E-state index in [4.69, 9.17) is 4.74 Å². The van der Waals surface area contributed by atoms with Gasteiger partial charge < -0.3 is 10.1 Å². The van der Waals surface area contributed by atoms with Crippen molar-refractivity contribution in [2.24, 2.45) is 23.7 Å². The zero-order chi connectivity index (χ0) is 18.6. The van der Waals surface area contributed by atoms with Crippen molar-refractivity contribution in [1.82, 2.24) is 4.90 Å². The summed E-state index contributed by atoms with van der Waals surface area (Å²) in [5, 5.41) is 2.72. The number of nitrogens with one attached hydrogen (secondary N) is 1. The summed E-state index contributed by atoms with van der Waals surface area (Å²) in [6.45, 7) is -0.240. The molecule has 1 aromatic carbocycles. The normalized spacial score (nSPS) is 35.0. The van der Waals surface area contributed by atoms with Crippen LogP contribution in [0.2, 0.25) is 0 Å². The monoisotopic (exact) mass is 484 g/mol. The van der Waals surface area contributed by atoms with E-state index in [0.717, 1.165) is 11.3 Å². The van der Waals surface area contributed by atoms with Crippen LogP contribution in [0.15, 0.2) is 24.3 Å². The third-order valence-electron chi connectivity index (χ3n) is 5.75. The van der Waals surface area contributed by atoms with Gasteiger partial charge in [-0.15, -0.1) is 0 Å². The van der Waals surface area contributed by atoms with Crippen LogP contribution in [0.4, 0.5) is 5.69 Å². The number of ether oxygens (including phenoxy) is 1. The lowest BCUT2D eigenvalue weighted by Crippen LogP contribution is -2.39. The number of amides is 3. The lowest BCUT2D eigenvalue weighted by Gasteiger charge is -2.28. The fraction of sp³-hybridized carbons (Fsp3) is 0.500.